The van der Waals surface area contributed by atoms with E-state index >= 15 is 0 Å². The summed E-state index contributed by atoms with van der Waals surface area (Å²) in [4.78, 5) is 17.4. The van der Waals surface area contributed by atoms with Gasteiger partial charge in [-0.2, -0.15) is 0 Å². The maximum Gasteiger partial charge on any atom is 0.251 e. The van der Waals surface area contributed by atoms with Gasteiger partial charge in [-0.3, -0.25) is 9.69 Å². The maximum atomic E-state index is 12.4. The van der Waals surface area contributed by atoms with E-state index in [0.29, 0.717) is 0 Å². The van der Waals surface area contributed by atoms with Gasteiger partial charge < -0.3 is 10.2 Å². The number of carbonyl (C=O) groups excluding carboxylic acids is 1. The number of amides is 1. The summed E-state index contributed by atoms with van der Waals surface area (Å²) in [7, 11) is 0. The highest BCUT2D eigenvalue weighted by Gasteiger charge is 2.16. The molecular weight excluding hydrogens is 370 g/mol. The van der Waals surface area contributed by atoms with E-state index in [1.807, 2.05) is 36.4 Å². The third-order valence-electron chi connectivity index (χ3n) is 5.94. The molecule has 0 aromatic heterocycles. The van der Waals surface area contributed by atoms with E-state index in [1.54, 1.807) is 0 Å². The highest BCUT2D eigenvalue weighted by molar-refractivity contribution is 5.98. The molecule has 4 nitrogen and oxygen atoms in total. The number of nitrogens with one attached hydrogen (secondary N) is 1. The van der Waals surface area contributed by atoms with Gasteiger partial charge in [-0.1, -0.05) is 42.5 Å². The second-order valence-corrected chi connectivity index (χ2v) is 8.19. The van der Waals surface area contributed by atoms with Crippen LogP contribution in [0.25, 0.3) is 10.8 Å². The molecule has 0 unspecified atom stereocenters. The molecule has 1 N–H and O–H groups in total. The summed E-state index contributed by atoms with van der Waals surface area (Å²) in [6.07, 6.45) is 2.12. The number of fused-ring (bicyclic) bond motifs is 1. The molecular formula is C26H31N3O. The zero-order valence-corrected chi connectivity index (χ0v) is 17.8. The van der Waals surface area contributed by atoms with Crippen molar-refractivity contribution in [3.05, 3.63) is 77.9 Å². The molecule has 0 atom stereocenters. The van der Waals surface area contributed by atoms with Crippen LogP contribution in [-0.2, 0) is 0 Å². The van der Waals surface area contributed by atoms with Gasteiger partial charge in [0, 0.05) is 44.0 Å². The molecule has 4 heteroatoms. The quantitative estimate of drug-likeness (QED) is 0.593. The zero-order chi connectivity index (χ0) is 20.8. The van der Waals surface area contributed by atoms with E-state index < -0.39 is 0 Å². The topological polar surface area (TPSA) is 35.6 Å². The van der Waals surface area contributed by atoms with Crippen molar-refractivity contribution >= 4 is 22.4 Å². The second-order valence-electron chi connectivity index (χ2n) is 8.19. The van der Waals surface area contributed by atoms with E-state index in [9.17, 15) is 4.79 Å². The first kappa shape index (κ1) is 20.4. The van der Waals surface area contributed by atoms with E-state index in [-0.39, 0.29) is 5.91 Å². The van der Waals surface area contributed by atoms with Crippen molar-refractivity contribution in [1.29, 1.82) is 0 Å². The van der Waals surface area contributed by atoms with Crippen LogP contribution in [0.4, 0.5) is 5.69 Å². The molecule has 0 bridgehead atoms. The molecule has 30 heavy (non-hydrogen) atoms. The average Bonchev–Trinajstić information content (AvgIpc) is 2.79. The summed E-state index contributed by atoms with van der Waals surface area (Å²) in [6, 6.07) is 22.8. The molecule has 3 aromatic rings. The number of anilines is 1. The monoisotopic (exact) mass is 401 g/mol. The van der Waals surface area contributed by atoms with Gasteiger partial charge in [-0.05, 0) is 66.9 Å². The fourth-order valence-electron chi connectivity index (χ4n) is 4.15. The van der Waals surface area contributed by atoms with Gasteiger partial charge in [-0.25, -0.2) is 0 Å². The standard InChI is InChI=1S/C26H31N3O/c1-21-7-6-10-25(19-21)29-17-15-28(16-18-29)14-5-4-13-27-26(30)24-12-11-22-8-2-3-9-23(22)20-24/h2-3,6-12,19-20H,4-5,13-18H2,1H3,(H,27,30). The third-order valence-corrected chi connectivity index (χ3v) is 5.94. The van der Waals surface area contributed by atoms with Gasteiger partial charge in [0.25, 0.3) is 5.91 Å². The molecule has 1 saturated heterocycles. The molecule has 1 amide bonds. The Hall–Kier alpha value is -2.85. The number of hydrogen-bond acceptors (Lipinski definition) is 3. The first-order chi connectivity index (χ1) is 14.7. The van der Waals surface area contributed by atoms with Crippen LogP contribution in [-0.4, -0.2) is 50.1 Å². The summed E-state index contributed by atoms with van der Waals surface area (Å²) >= 11 is 0. The van der Waals surface area contributed by atoms with Gasteiger partial charge in [-0.15, -0.1) is 0 Å². The fraction of sp³-hybridized carbons (Fsp3) is 0.346. The summed E-state index contributed by atoms with van der Waals surface area (Å²) in [5, 5.41) is 5.34. The van der Waals surface area contributed by atoms with Crippen molar-refractivity contribution in [3.63, 3.8) is 0 Å². The highest BCUT2D eigenvalue weighted by atomic mass is 16.1. The smallest absolute Gasteiger partial charge is 0.251 e. The number of aryl methyl sites for hydroxylation is 1. The first-order valence-electron chi connectivity index (χ1n) is 11.0. The Morgan fingerprint density at radius 1 is 0.867 bits per heavy atom. The summed E-state index contributed by atoms with van der Waals surface area (Å²) < 4.78 is 0. The Bertz CT molecular complexity index is 992. The Morgan fingerprint density at radius 3 is 2.47 bits per heavy atom. The van der Waals surface area contributed by atoms with Crippen molar-refractivity contribution in [3.8, 4) is 0 Å². The predicted molar refractivity (Wildman–Crippen MR) is 125 cm³/mol. The van der Waals surface area contributed by atoms with E-state index in [0.717, 1.165) is 68.4 Å². The lowest BCUT2D eigenvalue weighted by Crippen LogP contribution is -2.46. The van der Waals surface area contributed by atoms with Crippen LogP contribution in [0.15, 0.2) is 66.7 Å². The average molecular weight is 402 g/mol. The Morgan fingerprint density at radius 2 is 1.67 bits per heavy atom. The molecule has 0 aliphatic carbocycles. The molecule has 1 aliphatic heterocycles. The third kappa shape index (κ3) is 5.19. The van der Waals surface area contributed by atoms with Gasteiger partial charge in [0.05, 0.1) is 0 Å². The fourth-order valence-corrected chi connectivity index (χ4v) is 4.15. The first-order valence-corrected chi connectivity index (χ1v) is 11.0. The Kier molecular flexibility index (Phi) is 6.65. The summed E-state index contributed by atoms with van der Waals surface area (Å²) in [6.45, 7) is 8.38. The number of carbonyl (C=O) groups is 1. The van der Waals surface area contributed by atoms with Crippen molar-refractivity contribution in [2.75, 3.05) is 44.2 Å². The molecule has 1 aliphatic rings. The SMILES string of the molecule is Cc1cccc(N2CCN(CCCCNC(=O)c3ccc4ccccc4c3)CC2)c1. The van der Waals surface area contributed by atoms with Gasteiger partial charge in [0.2, 0.25) is 0 Å². The minimum Gasteiger partial charge on any atom is -0.369 e. The van der Waals surface area contributed by atoms with Gasteiger partial charge in [0.15, 0.2) is 0 Å². The number of piperazine rings is 1. The number of hydrogen-bond donors (Lipinski definition) is 1. The largest absolute Gasteiger partial charge is 0.369 e. The highest BCUT2D eigenvalue weighted by Crippen LogP contribution is 2.18. The van der Waals surface area contributed by atoms with Gasteiger partial charge >= 0.3 is 0 Å². The molecule has 3 aromatic carbocycles. The van der Waals surface area contributed by atoms with Crippen LogP contribution in [0.3, 0.4) is 0 Å². The number of unbranched alkanes of at least 4 members (excludes halogenated alkanes) is 1. The number of benzene rings is 3. The van der Waals surface area contributed by atoms with Crippen molar-refractivity contribution in [2.45, 2.75) is 19.8 Å². The van der Waals surface area contributed by atoms with Crippen molar-refractivity contribution in [1.82, 2.24) is 10.2 Å². The number of nitrogens with zero attached hydrogens (tertiary/aromatic N) is 2. The molecule has 156 valence electrons. The minimum absolute atomic E-state index is 0.0209. The molecule has 1 fully saturated rings. The van der Waals surface area contributed by atoms with Crippen molar-refractivity contribution < 1.29 is 4.79 Å². The predicted octanol–water partition coefficient (Wildman–Crippen LogP) is 4.48. The van der Waals surface area contributed by atoms with E-state index in [1.165, 1.54) is 11.3 Å². The lowest BCUT2D eigenvalue weighted by Gasteiger charge is -2.36. The van der Waals surface area contributed by atoms with Crippen LogP contribution in [0.1, 0.15) is 28.8 Å². The van der Waals surface area contributed by atoms with Crippen LogP contribution in [0.5, 0.6) is 0 Å². The molecule has 0 spiro atoms. The van der Waals surface area contributed by atoms with E-state index in [2.05, 4.69) is 52.4 Å². The van der Waals surface area contributed by atoms with Crippen LogP contribution >= 0.6 is 0 Å². The lowest BCUT2D eigenvalue weighted by molar-refractivity contribution is 0.0952. The normalized spacial score (nSPS) is 14.8. The Balaban J connectivity index is 1.15. The van der Waals surface area contributed by atoms with Crippen LogP contribution in [0.2, 0.25) is 0 Å². The summed E-state index contributed by atoms with van der Waals surface area (Å²) in [5.41, 5.74) is 3.40. The molecule has 0 saturated carbocycles. The lowest BCUT2D eigenvalue weighted by atomic mass is 10.1. The maximum absolute atomic E-state index is 12.4. The summed E-state index contributed by atoms with van der Waals surface area (Å²) in [5.74, 6) is 0.0209. The van der Waals surface area contributed by atoms with Gasteiger partial charge in [0.1, 0.15) is 0 Å². The van der Waals surface area contributed by atoms with E-state index in [4.69, 9.17) is 0 Å². The zero-order valence-electron chi connectivity index (χ0n) is 17.8. The second kappa shape index (κ2) is 9.77. The van der Waals surface area contributed by atoms with Crippen LogP contribution in [0, 0.1) is 6.92 Å². The van der Waals surface area contributed by atoms with Crippen molar-refractivity contribution in [2.24, 2.45) is 0 Å². The van der Waals surface area contributed by atoms with Crippen LogP contribution < -0.4 is 10.2 Å². The molecule has 4 rings (SSSR count). The molecule has 0 radical (unpaired) electrons. The number of rotatable bonds is 7. The Labute approximate surface area is 179 Å². The molecule has 1 heterocycles. The minimum atomic E-state index is 0.0209.